The van der Waals surface area contributed by atoms with Gasteiger partial charge in [0.25, 0.3) is 0 Å². The van der Waals surface area contributed by atoms with Crippen molar-refractivity contribution in [1.29, 1.82) is 0 Å². The van der Waals surface area contributed by atoms with Crippen molar-refractivity contribution in [2.75, 3.05) is 20.3 Å². The van der Waals surface area contributed by atoms with Crippen molar-refractivity contribution in [3.8, 4) is 0 Å². The lowest BCUT2D eigenvalue weighted by molar-refractivity contribution is -0.142. The number of aliphatic hydroxyl groups is 1. The van der Waals surface area contributed by atoms with Crippen molar-refractivity contribution in [2.45, 2.75) is 25.8 Å². The Labute approximate surface area is 151 Å². The van der Waals surface area contributed by atoms with Crippen LogP contribution in [0.1, 0.15) is 25.3 Å². The molecule has 1 atom stereocenters. The average molecular weight is 374 g/mol. The zero-order valence-electron chi connectivity index (χ0n) is 13.7. The molecule has 132 valence electrons. The Morgan fingerprint density at radius 3 is 2.62 bits per heavy atom. The second-order valence-corrected chi connectivity index (χ2v) is 5.95. The third-order valence-corrected chi connectivity index (χ3v) is 4.12. The first-order valence-electron chi connectivity index (χ1n) is 7.54. The van der Waals surface area contributed by atoms with Gasteiger partial charge in [0.1, 0.15) is 0 Å². The molecule has 7 heteroatoms. The first-order valence-corrected chi connectivity index (χ1v) is 8.29. The molecule has 0 saturated heterocycles. The van der Waals surface area contributed by atoms with Gasteiger partial charge in [0.2, 0.25) is 5.91 Å². The maximum atomic E-state index is 12.5. The van der Waals surface area contributed by atoms with Crippen molar-refractivity contribution in [1.82, 2.24) is 4.90 Å². The minimum atomic E-state index is -0.412. The molecule has 1 aromatic carbocycles. The molecule has 0 spiro atoms. The smallest absolute Gasteiger partial charge is 0.307 e. The highest BCUT2D eigenvalue weighted by atomic mass is 35.5. The molecule has 0 aliphatic rings. The van der Waals surface area contributed by atoms with Crippen molar-refractivity contribution in [3.05, 3.63) is 39.9 Å². The van der Waals surface area contributed by atoms with E-state index >= 15 is 0 Å². The molecule has 0 aliphatic carbocycles. The van der Waals surface area contributed by atoms with E-state index < -0.39 is 5.97 Å². The molecule has 0 aromatic heterocycles. The van der Waals surface area contributed by atoms with Crippen molar-refractivity contribution >= 4 is 41.2 Å². The fourth-order valence-electron chi connectivity index (χ4n) is 2.13. The molecule has 1 N–H and O–H groups in total. The van der Waals surface area contributed by atoms with E-state index in [9.17, 15) is 14.7 Å². The average Bonchev–Trinajstić information content (AvgIpc) is 2.57. The summed E-state index contributed by atoms with van der Waals surface area (Å²) in [5.74, 6) is -0.726. The number of esters is 1. The van der Waals surface area contributed by atoms with Gasteiger partial charge in [-0.1, -0.05) is 36.2 Å². The molecule has 0 heterocycles. The number of ether oxygens (including phenoxy) is 1. The van der Waals surface area contributed by atoms with Gasteiger partial charge in [-0.3, -0.25) is 9.59 Å². The number of rotatable bonds is 8. The third-order valence-electron chi connectivity index (χ3n) is 3.56. The number of carbonyl (C=O) groups is 2. The van der Waals surface area contributed by atoms with Gasteiger partial charge in [0, 0.05) is 22.7 Å². The number of carbonyl (C=O) groups excluding carboxylic acids is 2. The van der Waals surface area contributed by atoms with Crippen LogP contribution in [0.25, 0.3) is 6.08 Å². The summed E-state index contributed by atoms with van der Waals surface area (Å²) in [4.78, 5) is 25.2. The number of hydrogen-bond donors (Lipinski definition) is 1. The number of benzene rings is 1. The van der Waals surface area contributed by atoms with Crippen molar-refractivity contribution < 1.29 is 19.4 Å². The van der Waals surface area contributed by atoms with Crippen LogP contribution in [0.5, 0.6) is 0 Å². The number of hydrogen-bond acceptors (Lipinski definition) is 4. The van der Waals surface area contributed by atoms with Crippen LogP contribution < -0.4 is 0 Å². The van der Waals surface area contributed by atoms with Crippen LogP contribution in [0, 0.1) is 0 Å². The minimum Gasteiger partial charge on any atom is -0.469 e. The molecule has 0 radical (unpaired) electrons. The zero-order chi connectivity index (χ0) is 18.1. The predicted molar refractivity (Wildman–Crippen MR) is 95.0 cm³/mol. The maximum Gasteiger partial charge on any atom is 0.307 e. The summed E-state index contributed by atoms with van der Waals surface area (Å²) in [5, 5.41) is 10.4. The van der Waals surface area contributed by atoms with Gasteiger partial charge in [0.15, 0.2) is 0 Å². The Hall–Kier alpha value is -1.56. The molecular formula is C17H21Cl2NO4. The van der Waals surface area contributed by atoms with E-state index in [1.165, 1.54) is 18.1 Å². The van der Waals surface area contributed by atoms with Gasteiger partial charge in [-0.2, -0.15) is 0 Å². The zero-order valence-corrected chi connectivity index (χ0v) is 15.2. The lowest BCUT2D eigenvalue weighted by atomic mass is 10.1. The predicted octanol–water partition coefficient (Wildman–Crippen LogP) is 3.17. The van der Waals surface area contributed by atoms with Gasteiger partial charge >= 0.3 is 5.97 Å². The summed E-state index contributed by atoms with van der Waals surface area (Å²) in [6.07, 6.45) is 3.58. The fraction of sp³-hybridized carbons (Fsp3) is 0.412. The summed E-state index contributed by atoms with van der Waals surface area (Å²) >= 11 is 11.9. The maximum absolute atomic E-state index is 12.5. The molecule has 1 aromatic rings. The number of aliphatic hydroxyl groups excluding tert-OH is 1. The molecule has 24 heavy (non-hydrogen) atoms. The number of amides is 1. The van der Waals surface area contributed by atoms with Gasteiger partial charge in [-0.05, 0) is 30.2 Å². The lowest BCUT2D eigenvalue weighted by Gasteiger charge is -2.28. The lowest BCUT2D eigenvalue weighted by Crippen LogP contribution is -2.42. The number of nitrogens with zero attached hydrogens (tertiary/aromatic N) is 1. The SMILES string of the molecule is CCC(CO)N(CCC(=O)OC)C(=O)/C=C/c1ccc(Cl)cc1Cl. The van der Waals surface area contributed by atoms with E-state index in [0.29, 0.717) is 22.0 Å². The standard InChI is InChI=1S/C17H21Cl2NO4/c1-3-14(11-21)20(9-8-17(23)24-2)16(22)7-5-12-4-6-13(18)10-15(12)19/h4-7,10,14,21H,3,8-9,11H2,1-2H3/b7-5+. The highest BCUT2D eigenvalue weighted by Gasteiger charge is 2.21. The molecule has 0 bridgehead atoms. The van der Waals surface area contributed by atoms with Crippen LogP contribution in [0.4, 0.5) is 0 Å². The summed E-state index contributed by atoms with van der Waals surface area (Å²) in [6.45, 7) is 1.85. The first-order chi connectivity index (χ1) is 11.4. The molecule has 1 rings (SSSR count). The van der Waals surface area contributed by atoms with E-state index in [1.54, 1.807) is 24.3 Å². The second-order valence-electron chi connectivity index (χ2n) is 5.10. The van der Waals surface area contributed by atoms with Crippen LogP contribution >= 0.6 is 23.2 Å². The van der Waals surface area contributed by atoms with Crippen LogP contribution in [0.3, 0.4) is 0 Å². The highest BCUT2D eigenvalue weighted by molar-refractivity contribution is 6.35. The molecular weight excluding hydrogens is 353 g/mol. The molecule has 1 amide bonds. The van der Waals surface area contributed by atoms with E-state index in [-0.39, 0.29) is 31.5 Å². The number of halogens is 2. The Bertz CT molecular complexity index is 600. The summed E-state index contributed by atoms with van der Waals surface area (Å²) in [6, 6.07) is 4.60. The van der Waals surface area contributed by atoms with Crippen LogP contribution in [-0.4, -0.2) is 48.2 Å². The Morgan fingerprint density at radius 2 is 2.08 bits per heavy atom. The summed E-state index contributed by atoms with van der Waals surface area (Å²) in [7, 11) is 1.29. The number of methoxy groups -OCH3 is 1. The van der Waals surface area contributed by atoms with Crippen molar-refractivity contribution in [2.24, 2.45) is 0 Å². The largest absolute Gasteiger partial charge is 0.469 e. The first kappa shape index (κ1) is 20.5. The van der Waals surface area contributed by atoms with Crippen LogP contribution in [0.2, 0.25) is 10.0 Å². The minimum absolute atomic E-state index is 0.0638. The normalized spacial score (nSPS) is 12.2. The van der Waals surface area contributed by atoms with E-state index in [0.717, 1.165) is 0 Å². The molecule has 0 fully saturated rings. The fourth-order valence-corrected chi connectivity index (χ4v) is 2.60. The van der Waals surface area contributed by atoms with Crippen LogP contribution in [0.15, 0.2) is 24.3 Å². The van der Waals surface area contributed by atoms with Gasteiger partial charge in [0.05, 0.1) is 26.2 Å². The summed E-state index contributed by atoms with van der Waals surface area (Å²) < 4.78 is 4.60. The molecule has 0 aliphatic heterocycles. The summed E-state index contributed by atoms with van der Waals surface area (Å²) in [5.41, 5.74) is 0.652. The quantitative estimate of drug-likeness (QED) is 0.561. The third kappa shape index (κ3) is 6.15. The topological polar surface area (TPSA) is 66.8 Å². The van der Waals surface area contributed by atoms with Gasteiger partial charge in [-0.15, -0.1) is 0 Å². The molecule has 1 unspecified atom stereocenters. The van der Waals surface area contributed by atoms with Crippen molar-refractivity contribution in [3.63, 3.8) is 0 Å². The second kappa shape index (κ2) is 10.3. The van der Waals surface area contributed by atoms with Crippen LogP contribution in [-0.2, 0) is 14.3 Å². The van der Waals surface area contributed by atoms with Gasteiger partial charge < -0.3 is 14.7 Å². The van der Waals surface area contributed by atoms with E-state index in [2.05, 4.69) is 4.74 Å². The Morgan fingerprint density at radius 1 is 1.38 bits per heavy atom. The van der Waals surface area contributed by atoms with E-state index in [1.807, 2.05) is 6.92 Å². The van der Waals surface area contributed by atoms with Gasteiger partial charge in [-0.25, -0.2) is 0 Å². The Kier molecular flexibility index (Phi) is 8.82. The highest BCUT2D eigenvalue weighted by Crippen LogP contribution is 2.22. The monoisotopic (exact) mass is 373 g/mol. The molecule has 0 saturated carbocycles. The van der Waals surface area contributed by atoms with E-state index in [4.69, 9.17) is 23.2 Å². The Balaban J connectivity index is 2.89. The molecule has 5 nitrogen and oxygen atoms in total.